The van der Waals surface area contributed by atoms with E-state index in [1.807, 2.05) is 6.92 Å². The van der Waals surface area contributed by atoms with Gasteiger partial charge in [-0.25, -0.2) is 4.39 Å². The van der Waals surface area contributed by atoms with Crippen LogP contribution in [0.3, 0.4) is 0 Å². The SMILES string of the molecule is CC(Sc1cc(N)cc(F)c1)C(=O)NC1CC1. The lowest BCUT2D eigenvalue weighted by Crippen LogP contribution is -2.32. The van der Waals surface area contributed by atoms with Gasteiger partial charge in [0.2, 0.25) is 5.91 Å². The largest absolute Gasteiger partial charge is 0.399 e. The number of halogens is 1. The molecule has 0 aromatic heterocycles. The molecule has 1 fully saturated rings. The lowest BCUT2D eigenvalue weighted by Gasteiger charge is -2.11. The third kappa shape index (κ3) is 3.63. The highest BCUT2D eigenvalue weighted by molar-refractivity contribution is 8.00. The minimum Gasteiger partial charge on any atom is -0.399 e. The van der Waals surface area contributed by atoms with Gasteiger partial charge >= 0.3 is 0 Å². The Morgan fingerprint density at radius 3 is 2.82 bits per heavy atom. The minimum absolute atomic E-state index is 0.000308. The van der Waals surface area contributed by atoms with Crippen molar-refractivity contribution in [3.8, 4) is 0 Å². The maximum atomic E-state index is 13.1. The number of benzene rings is 1. The van der Waals surface area contributed by atoms with Crippen molar-refractivity contribution >= 4 is 23.4 Å². The molecule has 1 atom stereocenters. The number of hydrogen-bond acceptors (Lipinski definition) is 3. The Balaban J connectivity index is 1.96. The normalized spacial score (nSPS) is 16.6. The van der Waals surface area contributed by atoms with Crippen LogP contribution >= 0.6 is 11.8 Å². The van der Waals surface area contributed by atoms with Gasteiger partial charge in [0.1, 0.15) is 5.82 Å². The predicted octanol–water partition coefficient (Wildman–Crippen LogP) is 2.17. The predicted molar refractivity (Wildman–Crippen MR) is 67.3 cm³/mol. The summed E-state index contributed by atoms with van der Waals surface area (Å²) in [7, 11) is 0. The lowest BCUT2D eigenvalue weighted by molar-refractivity contribution is -0.120. The highest BCUT2D eigenvalue weighted by Gasteiger charge is 2.25. The monoisotopic (exact) mass is 254 g/mol. The molecule has 0 bridgehead atoms. The van der Waals surface area contributed by atoms with E-state index in [-0.39, 0.29) is 17.0 Å². The highest BCUT2D eigenvalue weighted by atomic mass is 32.2. The summed E-state index contributed by atoms with van der Waals surface area (Å²) in [4.78, 5) is 12.4. The molecular weight excluding hydrogens is 239 g/mol. The van der Waals surface area contributed by atoms with Gasteiger partial charge in [0.05, 0.1) is 5.25 Å². The van der Waals surface area contributed by atoms with Crippen LogP contribution in [0.5, 0.6) is 0 Å². The first-order valence-corrected chi connectivity index (χ1v) is 6.45. The Labute approximate surface area is 104 Å². The highest BCUT2D eigenvalue weighted by Crippen LogP contribution is 2.27. The number of anilines is 1. The van der Waals surface area contributed by atoms with E-state index in [1.54, 1.807) is 6.07 Å². The minimum atomic E-state index is -0.373. The Bertz CT molecular complexity index is 414. The molecule has 0 spiro atoms. The van der Waals surface area contributed by atoms with Crippen molar-refractivity contribution in [3.63, 3.8) is 0 Å². The summed E-state index contributed by atoms with van der Waals surface area (Å²) in [5.41, 5.74) is 5.93. The maximum Gasteiger partial charge on any atom is 0.233 e. The maximum absolute atomic E-state index is 13.1. The standard InChI is InChI=1S/C12H15FN2OS/c1-7(12(16)15-10-2-3-10)17-11-5-8(13)4-9(14)6-11/h4-7,10H,2-3,14H2,1H3,(H,15,16). The fourth-order valence-corrected chi connectivity index (χ4v) is 2.42. The van der Waals surface area contributed by atoms with Crippen molar-refractivity contribution in [1.82, 2.24) is 5.32 Å². The van der Waals surface area contributed by atoms with Crippen molar-refractivity contribution in [1.29, 1.82) is 0 Å². The number of hydrogen-bond donors (Lipinski definition) is 2. The van der Waals surface area contributed by atoms with Crippen LogP contribution in [0.15, 0.2) is 23.1 Å². The van der Waals surface area contributed by atoms with Crippen LogP contribution in [0.4, 0.5) is 10.1 Å². The number of amides is 1. The lowest BCUT2D eigenvalue weighted by atomic mass is 10.3. The van der Waals surface area contributed by atoms with Crippen LogP contribution in [0.1, 0.15) is 19.8 Å². The quantitative estimate of drug-likeness (QED) is 0.639. The fraction of sp³-hybridized carbons (Fsp3) is 0.417. The van der Waals surface area contributed by atoms with Crippen molar-refractivity contribution in [2.75, 3.05) is 5.73 Å². The molecule has 0 saturated heterocycles. The van der Waals surface area contributed by atoms with E-state index < -0.39 is 0 Å². The summed E-state index contributed by atoms with van der Waals surface area (Å²) in [5, 5.41) is 2.68. The topological polar surface area (TPSA) is 55.1 Å². The van der Waals surface area contributed by atoms with Crippen LogP contribution in [-0.2, 0) is 4.79 Å². The van der Waals surface area contributed by atoms with Crippen molar-refractivity contribution < 1.29 is 9.18 Å². The smallest absolute Gasteiger partial charge is 0.233 e. The summed E-state index contributed by atoms with van der Waals surface area (Å²) < 4.78 is 13.1. The zero-order valence-corrected chi connectivity index (χ0v) is 10.4. The fourth-order valence-electron chi connectivity index (χ4n) is 1.46. The molecule has 0 radical (unpaired) electrons. The summed E-state index contributed by atoms with van der Waals surface area (Å²) >= 11 is 1.32. The second kappa shape index (κ2) is 4.96. The zero-order chi connectivity index (χ0) is 12.4. The molecule has 1 aromatic carbocycles. The van der Waals surface area contributed by atoms with Crippen LogP contribution in [0.2, 0.25) is 0 Å². The number of nitrogens with two attached hydrogens (primary N) is 1. The van der Waals surface area contributed by atoms with E-state index in [2.05, 4.69) is 5.32 Å². The van der Waals surface area contributed by atoms with Gasteiger partial charge in [-0.15, -0.1) is 11.8 Å². The molecule has 92 valence electrons. The van der Waals surface area contributed by atoms with E-state index >= 15 is 0 Å². The van der Waals surface area contributed by atoms with Crippen LogP contribution < -0.4 is 11.1 Å². The molecule has 1 aromatic rings. The molecule has 3 nitrogen and oxygen atoms in total. The Hall–Kier alpha value is -1.23. The molecule has 0 aliphatic heterocycles. The van der Waals surface area contributed by atoms with E-state index in [0.29, 0.717) is 16.6 Å². The van der Waals surface area contributed by atoms with Gasteiger partial charge in [-0.1, -0.05) is 0 Å². The zero-order valence-electron chi connectivity index (χ0n) is 9.57. The van der Waals surface area contributed by atoms with Crippen molar-refractivity contribution in [2.24, 2.45) is 0 Å². The van der Waals surface area contributed by atoms with Crippen LogP contribution in [-0.4, -0.2) is 17.2 Å². The summed E-state index contributed by atoms with van der Waals surface area (Å²) in [6.07, 6.45) is 2.13. The van der Waals surface area contributed by atoms with Gasteiger partial charge in [-0.2, -0.15) is 0 Å². The Morgan fingerprint density at radius 1 is 1.53 bits per heavy atom. The molecule has 2 rings (SSSR count). The molecule has 0 heterocycles. The average Bonchev–Trinajstić information content (AvgIpc) is 2.99. The third-order valence-corrected chi connectivity index (χ3v) is 3.57. The molecule has 17 heavy (non-hydrogen) atoms. The van der Waals surface area contributed by atoms with Gasteiger partial charge in [0, 0.05) is 16.6 Å². The van der Waals surface area contributed by atoms with Gasteiger partial charge < -0.3 is 11.1 Å². The van der Waals surface area contributed by atoms with Crippen molar-refractivity contribution in [2.45, 2.75) is 36.0 Å². The average molecular weight is 254 g/mol. The molecule has 1 amide bonds. The molecule has 1 aliphatic carbocycles. The second-order valence-corrected chi connectivity index (χ2v) is 5.68. The first-order valence-electron chi connectivity index (χ1n) is 5.57. The molecule has 1 aliphatic rings. The van der Waals surface area contributed by atoms with Crippen LogP contribution in [0, 0.1) is 5.82 Å². The van der Waals surface area contributed by atoms with E-state index in [0.717, 1.165) is 12.8 Å². The van der Waals surface area contributed by atoms with E-state index in [1.165, 1.54) is 23.9 Å². The Morgan fingerprint density at radius 2 is 2.24 bits per heavy atom. The molecule has 1 saturated carbocycles. The van der Waals surface area contributed by atoms with Crippen LogP contribution in [0.25, 0.3) is 0 Å². The first kappa shape index (κ1) is 12.2. The second-order valence-electron chi connectivity index (χ2n) is 4.26. The molecule has 1 unspecified atom stereocenters. The van der Waals surface area contributed by atoms with Gasteiger partial charge in [0.25, 0.3) is 0 Å². The van der Waals surface area contributed by atoms with Gasteiger partial charge in [-0.3, -0.25) is 4.79 Å². The summed E-state index contributed by atoms with van der Waals surface area (Å²) in [5.74, 6) is -0.373. The molecule has 5 heteroatoms. The first-order chi connectivity index (χ1) is 8.04. The van der Waals surface area contributed by atoms with E-state index in [4.69, 9.17) is 5.73 Å². The number of rotatable bonds is 4. The van der Waals surface area contributed by atoms with Crippen molar-refractivity contribution in [3.05, 3.63) is 24.0 Å². The summed E-state index contributed by atoms with van der Waals surface area (Å²) in [6, 6.07) is 4.68. The van der Waals surface area contributed by atoms with E-state index in [9.17, 15) is 9.18 Å². The third-order valence-electron chi connectivity index (χ3n) is 2.50. The number of nitrogens with one attached hydrogen (secondary N) is 1. The number of thioether (sulfide) groups is 1. The van der Waals surface area contributed by atoms with Gasteiger partial charge in [0.15, 0.2) is 0 Å². The Kier molecular flexibility index (Phi) is 3.57. The number of carbonyl (C=O) groups excluding carboxylic acids is 1. The summed E-state index contributed by atoms with van der Waals surface area (Å²) in [6.45, 7) is 1.81. The van der Waals surface area contributed by atoms with Gasteiger partial charge in [-0.05, 0) is 38.0 Å². The number of carbonyl (C=O) groups is 1. The molecular formula is C12H15FN2OS. The number of nitrogen functional groups attached to an aromatic ring is 1. The molecule has 3 N–H and O–H groups in total.